The number of hydrogen-bond donors (Lipinski definition) is 1. The Labute approximate surface area is 110 Å². The SMILES string of the molecule is C=C1C2C(CO)CC(C2OC)C1(C)C1CCCC1. The van der Waals surface area contributed by atoms with Gasteiger partial charge >= 0.3 is 0 Å². The average molecular weight is 250 g/mol. The number of hydrogen-bond acceptors (Lipinski definition) is 2. The van der Waals surface area contributed by atoms with Crippen molar-refractivity contribution in [1.29, 1.82) is 0 Å². The minimum atomic E-state index is 0.271. The maximum atomic E-state index is 9.56. The molecule has 18 heavy (non-hydrogen) atoms. The van der Waals surface area contributed by atoms with Gasteiger partial charge in [-0.25, -0.2) is 0 Å². The van der Waals surface area contributed by atoms with Crippen LogP contribution >= 0.6 is 0 Å². The van der Waals surface area contributed by atoms with E-state index in [9.17, 15) is 5.11 Å². The van der Waals surface area contributed by atoms with Gasteiger partial charge in [0.05, 0.1) is 6.10 Å². The molecular formula is C16H26O2. The van der Waals surface area contributed by atoms with Gasteiger partial charge in [0.2, 0.25) is 0 Å². The summed E-state index contributed by atoms with van der Waals surface area (Å²) >= 11 is 0. The minimum Gasteiger partial charge on any atom is -0.396 e. The second kappa shape index (κ2) is 4.35. The predicted octanol–water partition coefficient (Wildman–Crippen LogP) is 3.01. The lowest BCUT2D eigenvalue weighted by Crippen LogP contribution is -2.37. The summed E-state index contributed by atoms with van der Waals surface area (Å²) < 4.78 is 5.78. The minimum absolute atomic E-state index is 0.271. The molecule has 0 heterocycles. The fourth-order valence-corrected chi connectivity index (χ4v) is 5.38. The Hall–Kier alpha value is -0.340. The third-order valence-electron chi connectivity index (χ3n) is 6.39. The summed E-state index contributed by atoms with van der Waals surface area (Å²) in [5.74, 6) is 2.18. The number of fused-ring (bicyclic) bond motifs is 2. The molecule has 2 bridgehead atoms. The van der Waals surface area contributed by atoms with E-state index in [1.807, 2.05) is 7.11 Å². The Morgan fingerprint density at radius 2 is 2.06 bits per heavy atom. The van der Waals surface area contributed by atoms with Gasteiger partial charge in [0, 0.05) is 19.6 Å². The van der Waals surface area contributed by atoms with E-state index in [1.54, 1.807) is 0 Å². The van der Waals surface area contributed by atoms with Crippen LogP contribution in [0.15, 0.2) is 12.2 Å². The first-order chi connectivity index (χ1) is 8.64. The van der Waals surface area contributed by atoms with Gasteiger partial charge in [-0.3, -0.25) is 0 Å². The lowest BCUT2D eigenvalue weighted by molar-refractivity contribution is 0.0321. The fraction of sp³-hybridized carbons (Fsp3) is 0.875. The Kier molecular flexibility index (Phi) is 3.06. The van der Waals surface area contributed by atoms with Crippen molar-refractivity contribution in [3.05, 3.63) is 12.2 Å². The lowest BCUT2D eigenvalue weighted by Gasteiger charge is -2.43. The molecule has 2 heteroatoms. The third kappa shape index (κ3) is 1.42. The van der Waals surface area contributed by atoms with Gasteiger partial charge in [-0.2, -0.15) is 0 Å². The standard InChI is InChI=1S/C16H26O2/c1-10-14-11(9-17)8-13(15(14)18-3)16(10,2)12-6-4-5-7-12/h11-15,17H,1,4-9H2,2-3H3. The van der Waals surface area contributed by atoms with E-state index in [-0.39, 0.29) is 5.41 Å². The van der Waals surface area contributed by atoms with Crippen LogP contribution in [0.25, 0.3) is 0 Å². The molecule has 0 aromatic rings. The molecule has 5 atom stereocenters. The van der Waals surface area contributed by atoms with Gasteiger partial charge in [0.15, 0.2) is 0 Å². The molecule has 2 nitrogen and oxygen atoms in total. The molecule has 0 spiro atoms. The van der Waals surface area contributed by atoms with Crippen molar-refractivity contribution < 1.29 is 9.84 Å². The Morgan fingerprint density at radius 3 is 2.61 bits per heavy atom. The number of methoxy groups -OCH3 is 1. The number of rotatable bonds is 3. The normalized spacial score (nSPS) is 48.3. The van der Waals surface area contributed by atoms with Gasteiger partial charge in [-0.05, 0) is 42.4 Å². The lowest BCUT2D eigenvalue weighted by atomic mass is 9.61. The molecule has 5 unspecified atom stereocenters. The Balaban J connectivity index is 1.92. The summed E-state index contributed by atoms with van der Waals surface area (Å²) in [6, 6.07) is 0. The zero-order chi connectivity index (χ0) is 12.9. The van der Waals surface area contributed by atoms with Crippen LogP contribution in [-0.4, -0.2) is 24.9 Å². The first kappa shape index (κ1) is 12.7. The van der Waals surface area contributed by atoms with Crippen LogP contribution < -0.4 is 0 Å². The van der Waals surface area contributed by atoms with Crippen molar-refractivity contribution in [2.45, 2.75) is 45.1 Å². The smallest absolute Gasteiger partial charge is 0.0676 e. The van der Waals surface area contributed by atoms with E-state index in [0.717, 1.165) is 12.3 Å². The van der Waals surface area contributed by atoms with Gasteiger partial charge in [-0.15, -0.1) is 0 Å². The van der Waals surface area contributed by atoms with Gasteiger partial charge in [0.25, 0.3) is 0 Å². The highest BCUT2D eigenvalue weighted by atomic mass is 16.5. The first-order valence-electron chi connectivity index (χ1n) is 7.47. The monoisotopic (exact) mass is 250 g/mol. The summed E-state index contributed by atoms with van der Waals surface area (Å²) in [5.41, 5.74) is 1.66. The van der Waals surface area contributed by atoms with E-state index < -0.39 is 0 Å². The van der Waals surface area contributed by atoms with Crippen molar-refractivity contribution in [2.75, 3.05) is 13.7 Å². The zero-order valence-corrected chi connectivity index (χ0v) is 11.7. The highest BCUT2D eigenvalue weighted by Crippen LogP contribution is 2.66. The van der Waals surface area contributed by atoms with Crippen LogP contribution in [0, 0.1) is 29.1 Å². The summed E-state index contributed by atoms with van der Waals surface area (Å²) in [4.78, 5) is 0. The molecule has 102 valence electrons. The maximum absolute atomic E-state index is 9.56. The van der Waals surface area contributed by atoms with Crippen LogP contribution in [-0.2, 0) is 4.74 Å². The van der Waals surface area contributed by atoms with Gasteiger partial charge < -0.3 is 9.84 Å². The van der Waals surface area contributed by atoms with E-state index in [2.05, 4.69) is 13.5 Å². The molecule has 1 N–H and O–H groups in total. The molecular weight excluding hydrogens is 224 g/mol. The van der Waals surface area contributed by atoms with Gasteiger partial charge in [0.1, 0.15) is 0 Å². The second-order valence-electron chi connectivity index (χ2n) is 6.80. The molecule has 0 saturated heterocycles. The molecule has 3 fully saturated rings. The van der Waals surface area contributed by atoms with Crippen LogP contribution in [0.3, 0.4) is 0 Å². The molecule has 3 aliphatic carbocycles. The molecule has 3 rings (SSSR count). The average Bonchev–Trinajstić information content (AvgIpc) is 3.06. The topological polar surface area (TPSA) is 29.5 Å². The van der Waals surface area contributed by atoms with Crippen molar-refractivity contribution in [3.63, 3.8) is 0 Å². The molecule has 0 radical (unpaired) electrons. The number of aliphatic hydroxyl groups is 1. The summed E-state index contributed by atoms with van der Waals surface area (Å²) in [6.07, 6.45) is 6.92. The van der Waals surface area contributed by atoms with Crippen LogP contribution in [0.5, 0.6) is 0 Å². The summed E-state index contributed by atoms with van der Waals surface area (Å²) in [6.45, 7) is 7.16. The van der Waals surface area contributed by atoms with Crippen molar-refractivity contribution in [1.82, 2.24) is 0 Å². The Bertz CT molecular complexity index is 345. The number of aliphatic hydroxyl groups excluding tert-OH is 1. The van der Waals surface area contributed by atoms with E-state index in [4.69, 9.17) is 4.74 Å². The van der Waals surface area contributed by atoms with Gasteiger partial charge in [-0.1, -0.05) is 31.9 Å². The van der Waals surface area contributed by atoms with Crippen LogP contribution in [0.2, 0.25) is 0 Å². The zero-order valence-electron chi connectivity index (χ0n) is 11.7. The molecule has 0 aromatic heterocycles. The molecule has 0 aromatic carbocycles. The maximum Gasteiger partial charge on any atom is 0.0676 e. The van der Waals surface area contributed by atoms with Crippen molar-refractivity contribution in [2.24, 2.45) is 29.1 Å². The Morgan fingerprint density at radius 1 is 1.39 bits per heavy atom. The predicted molar refractivity (Wildman–Crippen MR) is 72.2 cm³/mol. The number of ether oxygens (including phenoxy) is 1. The highest BCUT2D eigenvalue weighted by Gasteiger charge is 2.63. The van der Waals surface area contributed by atoms with E-state index >= 15 is 0 Å². The fourth-order valence-electron chi connectivity index (χ4n) is 5.38. The second-order valence-corrected chi connectivity index (χ2v) is 6.80. The molecule has 3 saturated carbocycles. The molecule has 3 aliphatic rings. The largest absolute Gasteiger partial charge is 0.396 e. The van der Waals surface area contributed by atoms with E-state index in [0.29, 0.717) is 30.5 Å². The highest BCUT2D eigenvalue weighted by molar-refractivity contribution is 5.31. The van der Waals surface area contributed by atoms with Crippen molar-refractivity contribution in [3.8, 4) is 0 Å². The van der Waals surface area contributed by atoms with Crippen molar-refractivity contribution >= 4 is 0 Å². The molecule has 0 aliphatic heterocycles. The van der Waals surface area contributed by atoms with Crippen LogP contribution in [0.4, 0.5) is 0 Å². The quantitative estimate of drug-likeness (QED) is 0.780. The summed E-state index contributed by atoms with van der Waals surface area (Å²) in [5, 5.41) is 9.56. The summed E-state index contributed by atoms with van der Waals surface area (Å²) in [7, 11) is 1.83. The molecule has 0 amide bonds. The van der Waals surface area contributed by atoms with E-state index in [1.165, 1.54) is 31.3 Å². The first-order valence-corrected chi connectivity index (χ1v) is 7.47. The van der Waals surface area contributed by atoms with Crippen LogP contribution in [0.1, 0.15) is 39.0 Å². The third-order valence-corrected chi connectivity index (χ3v) is 6.39.